The maximum Gasteiger partial charge on any atom is 0.347 e. The Bertz CT molecular complexity index is 709. The summed E-state index contributed by atoms with van der Waals surface area (Å²) < 4.78 is 1.17. The van der Waals surface area contributed by atoms with Crippen LogP contribution in [0.2, 0.25) is 0 Å². The van der Waals surface area contributed by atoms with E-state index in [1.807, 2.05) is 0 Å². The van der Waals surface area contributed by atoms with Gasteiger partial charge in [-0.05, 0) is 18.2 Å². The maximum atomic E-state index is 11.8. The quantitative estimate of drug-likeness (QED) is 0.794. The lowest BCUT2D eigenvalue weighted by Gasteiger charge is -2.06. The predicted octanol–water partition coefficient (Wildman–Crippen LogP) is -0.0959. The molecule has 108 valence electrons. The van der Waals surface area contributed by atoms with E-state index in [1.54, 1.807) is 12.1 Å². The number of aromatic nitrogens is 3. The van der Waals surface area contributed by atoms with Crippen LogP contribution in [0.25, 0.3) is 0 Å². The molecule has 0 bridgehead atoms. The molecule has 0 fully saturated rings. The lowest BCUT2D eigenvalue weighted by atomic mass is 10.2. The van der Waals surface area contributed by atoms with Gasteiger partial charge in [-0.2, -0.15) is 0 Å². The van der Waals surface area contributed by atoms with E-state index in [1.165, 1.54) is 29.2 Å². The van der Waals surface area contributed by atoms with Crippen LogP contribution in [0.5, 0.6) is 0 Å². The van der Waals surface area contributed by atoms with Crippen LogP contribution in [0.15, 0.2) is 41.6 Å². The number of nitrogens with one attached hydrogen (secondary N) is 1. The van der Waals surface area contributed by atoms with Gasteiger partial charge in [-0.3, -0.25) is 19.1 Å². The second kappa shape index (κ2) is 6.42. The highest BCUT2D eigenvalue weighted by molar-refractivity contribution is 5.90. The number of hydrogen-bond acceptors (Lipinski definition) is 5. The van der Waals surface area contributed by atoms with Gasteiger partial charge in [0.05, 0.1) is 24.0 Å². The van der Waals surface area contributed by atoms with Crippen LogP contribution in [0.3, 0.4) is 0 Å². The number of carbonyl (C=O) groups excluding carboxylic acids is 1. The molecule has 0 radical (unpaired) electrons. The summed E-state index contributed by atoms with van der Waals surface area (Å²) in [6, 6.07) is 4.62. The highest BCUT2D eigenvalue weighted by atomic mass is 16.4. The molecule has 2 heterocycles. The number of nitrogens with zero attached hydrogens (tertiary/aromatic N) is 3. The first-order chi connectivity index (χ1) is 10.0. The largest absolute Gasteiger partial charge is 0.481 e. The van der Waals surface area contributed by atoms with Crippen molar-refractivity contribution in [3.63, 3.8) is 0 Å². The first-order valence-corrected chi connectivity index (χ1v) is 6.02. The third kappa shape index (κ3) is 4.23. The molecule has 2 rings (SSSR count). The van der Waals surface area contributed by atoms with E-state index < -0.39 is 17.6 Å². The summed E-state index contributed by atoms with van der Waals surface area (Å²) in [6.07, 6.45) is 3.99. The van der Waals surface area contributed by atoms with Gasteiger partial charge in [0.15, 0.2) is 0 Å². The smallest absolute Gasteiger partial charge is 0.347 e. The molecule has 2 aromatic heterocycles. The van der Waals surface area contributed by atoms with E-state index in [2.05, 4.69) is 15.3 Å². The zero-order chi connectivity index (χ0) is 15.2. The van der Waals surface area contributed by atoms with Crippen molar-refractivity contribution in [1.82, 2.24) is 14.5 Å². The van der Waals surface area contributed by atoms with Crippen molar-refractivity contribution in [2.24, 2.45) is 0 Å². The number of pyridine rings is 1. The van der Waals surface area contributed by atoms with Crippen LogP contribution in [0, 0.1) is 0 Å². The van der Waals surface area contributed by atoms with E-state index in [0.717, 1.165) is 0 Å². The molecule has 2 aromatic rings. The standard InChI is InChI=1S/C13H12N4O4/c18-11(8-17-5-1-4-14-13(17)21)16-10-3-2-9(15-7-10)6-12(19)20/h1-5,7H,6,8H2,(H,16,18)(H,19,20). The summed E-state index contributed by atoms with van der Waals surface area (Å²) in [5, 5.41) is 11.2. The molecule has 2 N–H and O–H groups in total. The third-order valence-corrected chi connectivity index (χ3v) is 2.54. The van der Waals surface area contributed by atoms with Crippen molar-refractivity contribution < 1.29 is 14.7 Å². The topological polar surface area (TPSA) is 114 Å². The predicted molar refractivity (Wildman–Crippen MR) is 72.7 cm³/mol. The normalized spacial score (nSPS) is 10.1. The number of carboxylic acids is 1. The average Bonchev–Trinajstić information content (AvgIpc) is 2.43. The molecule has 0 aromatic carbocycles. The van der Waals surface area contributed by atoms with Gasteiger partial charge in [0.25, 0.3) is 0 Å². The van der Waals surface area contributed by atoms with Crippen molar-refractivity contribution in [2.45, 2.75) is 13.0 Å². The summed E-state index contributed by atoms with van der Waals surface area (Å²) in [5.41, 5.74) is 0.303. The molecular weight excluding hydrogens is 276 g/mol. The SMILES string of the molecule is O=C(O)Cc1ccc(NC(=O)Cn2cccnc2=O)cn1. The molecule has 0 atom stereocenters. The van der Waals surface area contributed by atoms with Crippen molar-refractivity contribution in [1.29, 1.82) is 0 Å². The van der Waals surface area contributed by atoms with E-state index >= 15 is 0 Å². The first kappa shape index (κ1) is 14.4. The Balaban J connectivity index is 1.98. The summed E-state index contributed by atoms with van der Waals surface area (Å²) in [6.45, 7) is -0.163. The molecule has 0 saturated heterocycles. The van der Waals surface area contributed by atoms with Crippen LogP contribution < -0.4 is 11.0 Å². The van der Waals surface area contributed by atoms with Crippen LogP contribution >= 0.6 is 0 Å². The second-order valence-corrected chi connectivity index (χ2v) is 4.19. The minimum Gasteiger partial charge on any atom is -0.481 e. The molecule has 8 nitrogen and oxygen atoms in total. The number of anilines is 1. The third-order valence-electron chi connectivity index (χ3n) is 2.54. The fourth-order valence-corrected chi connectivity index (χ4v) is 1.62. The molecule has 0 aliphatic carbocycles. The maximum absolute atomic E-state index is 11.8. The molecular formula is C13H12N4O4. The fraction of sp³-hybridized carbons (Fsp3) is 0.154. The molecule has 0 saturated carbocycles. The Labute approximate surface area is 119 Å². The van der Waals surface area contributed by atoms with Crippen LogP contribution in [-0.2, 0) is 22.6 Å². The summed E-state index contributed by atoms with van der Waals surface area (Å²) >= 11 is 0. The number of rotatable bonds is 5. The number of aliphatic carboxylic acids is 1. The van der Waals surface area contributed by atoms with Crippen molar-refractivity contribution in [3.05, 3.63) is 53.0 Å². The zero-order valence-corrected chi connectivity index (χ0v) is 10.9. The van der Waals surface area contributed by atoms with Gasteiger partial charge in [-0.15, -0.1) is 0 Å². The molecule has 0 aliphatic rings. The Kier molecular flexibility index (Phi) is 4.39. The molecule has 1 amide bonds. The minimum absolute atomic E-state index is 0.163. The van der Waals surface area contributed by atoms with E-state index in [9.17, 15) is 14.4 Å². The Hall–Kier alpha value is -3.03. The molecule has 8 heteroatoms. The van der Waals surface area contributed by atoms with E-state index in [-0.39, 0.29) is 13.0 Å². The van der Waals surface area contributed by atoms with Crippen molar-refractivity contribution >= 4 is 17.6 Å². The van der Waals surface area contributed by atoms with Gasteiger partial charge in [-0.1, -0.05) is 0 Å². The monoisotopic (exact) mass is 288 g/mol. The minimum atomic E-state index is -0.977. The molecule has 0 unspecified atom stereocenters. The average molecular weight is 288 g/mol. The first-order valence-electron chi connectivity index (χ1n) is 6.02. The Morgan fingerprint density at radius 2 is 2.10 bits per heavy atom. The van der Waals surface area contributed by atoms with E-state index in [4.69, 9.17) is 5.11 Å². The van der Waals surface area contributed by atoms with Gasteiger partial charge in [0.2, 0.25) is 5.91 Å². The molecule has 0 spiro atoms. The number of carboxylic acid groups (broad SMARTS) is 1. The lowest BCUT2D eigenvalue weighted by molar-refractivity contribution is -0.136. The van der Waals surface area contributed by atoms with Crippen LogP contribution in [0.4, 0.5) is 5.69 Å². The van der Waals surface area contributed by atoms with Crippen molar-refractivity contribution in [3.8, 4) is 0 Å². The summed E-state index contributed by atoms with van der Waals surface area (Å²) in [4.78, 5) is 41.1. The Morgan fingerprint density at radius 1 is 1.29 bits per heavy atom. The van der Waals surface area contributed by atoms with Gasteiger partial charge < -0.3 is 10.4 Å². The Morgan fingerprint density at radius 3 is 2.71 bits per heavy atom. The van der Waals surface area contributed by atoms with E-state index in [0.29, 0.717) is 11.4 Å². The van der Waals surface area contributed by atoms with Gasteiger partial charge >= 0.3 is 11.7 Å². The highest BCUT2D eigenvalue weighted by Gasteiger charge is 2.06. The van der Waals surface area contributed by atoms with Crippen LogP contribution in [-0.4, -0.2) is 31.5 Å². The number of carbonyl (C=O) groups is 2. The lowest BCUT2D eigenvalue weighted by Crippen LogP contribution is -2.28. The number of hydrogen-bond donors (Lipinski definition) is 2. The second-order valence-electron chi connectivity index (χ2n) is 4.19. The highest BCUT2D eigenvalue weighted by Crippen LogP contribution is 2.06. The fourth-order valence-electron chi connectivity index (χ4n) is 1.62. The van der Waals surface area contributed by atoms with Gasteiger partial charge in [-0.25, -0.2) is 9.78 Å². The van der Waals surface area contributed by atoms with Crippen molar-refractivity contribution in [2.75, 3.05) is 5.32 Å². The van der Waals surface area contributed by atoms with Gasteiger partial charge in [0, 0.05) is 12.4 Å². The number of amides is 1. The molecule has 21 heavy (non-hydrogen) atoms. The van der Waals surface area contributed by atoms with Gasteiger partial charge in [0.1, 0.15) is 6.54 Å². The summed E-state index contributed by atoms with van der Waals surface area (Å²) in [5.74, 6) is -1.38. The van der Waals surface area contributed by atoms with Crippen LogP contribution in [0.1, 0.15) is 5.69 Å². The molecule has 0 aliphatic heterocycles. The zero-order valence-electron chi connectivity index (χ0n) is 10.9. The summed E-state index contributed by atoms with van der Waals surface area (Å²) in [7, 11) is 0.